The summed E-state index contributed by atoms with van der Waals surface area (Å²) in [6.45, 7) is 0.801. The number of hydrogen-bond acceptors (Lipinski definition) is 4. The van der Waals surface area contributed by atoms with Crippen LogP contribution in [0.25, 0.3) is 0 Å². The number of amides is 1. The predicted octanol–water partition coefficient (Wildman–Crippen LogP) is 3.27. The maximum absolute atomic E-state index is 12.8. The number of anilines is 1. The van der Waals surface area contributed by atoms with E-state index < -0.39 is 10.0 Å². The molecule has 0 saturated carbocycles. The fraction of sp³-hybridized carbons (Fsp3) is 0.316. The first-order chi connectivity index (χ1) is 12.9. The highest BCUT2D eigenvalue weighted by Crippen LogP contribution is 2.26. The van der Waals surface area contributed by atoms with Crippen molar-refractivity contribution in [2.75, 3.05) is 18.5 Å². The zero-order valence-corrected chi connectivity index (χ0v) is 16.3. The largest absolute Gasteiger partial charge is 0.299 e. The Kier molecular flexibility index (Phi) is 6.36. The van der Waals surface area contributed by atoms with Crippen LogP contribution in [0.2, 0.25) is 5.02 Å². The quantitative estimate of drug-likeness (QED) is 0.720. The third-order valence-corrected chi connectivity index (χ3v) is 6.66. The Hall–Kier alpha value is -2.09. The molecule has 0 aromatic heterocycles. The van der Waals surface area contributed by atoms with Crippen molar-refractivity contribution in [3.8, 4) is 0 Å². The minimum atomic E-state index is -3.58. The van der Waals surface area contributed by atoms with E-state index in [2.05, 4.69) is 10.9 Å². The van der Waals surface area contributed by atoms with Crippen molar-refractivity contribution < 1.29 is 13.2 Å². The minimum absolute atomic E-state index is 0.0154. The molecule has 0 radical (unpaired) electrons. The third kappa shape index (κ3) is 5.22. The van der Waals surface area contributed by atoms with E-state index in [1.54, 1.807) is 12.1 Å². The summed E-state index contributed by atoms with van der Waals surface area (Å²) in [7, 11) is -3.58. The van der Waals surface area contributed by atoms with Gasteiger partial charge in [0.1, 0.15) is 0 Å². The molecule has 27 heavy (non-hydrogen) atoms. The fourth-order valence-electron chi connectivity index (χ4n) is 3.14. The van der Waals surface area contributed by atoms with Crippen LogP contribution in [0, 0.1) is 5.92 Å². The highest BCUT2D eigenvalue weighted by atomic mass is 35.5. The van der Waals surface area contributed by atoms with Gasteiger partial charge in [0.15, 0.2) is 0 Å². The van der Waals surface area contributed by atoms with E-state index in [0.717, 1.165) is 18.5 Å². The van der Waals surface area contributed by atoms with Crippen LogP contribution < -0.4 is 10.9 Å². The van der Waals surface area contributed by atoms with Gasteiger partial charge in [0, 0.05) is 24.5 Å². The lowest BCUT2D eigenvalue weighted by molar-refractivity contribution is -0.121. The SMILES string of the molecule is O=C(CC1CCCN(S(=O)(=O)c2ccc(Cl)cc2)C1)NNc1ccccc1. The van der Waals surface area contributed by atoms with Gasteiger partial charge in [0.25, 0.3) is 0 Å². The topological polar surface area (TPSA) is 78.5 Å². The molecule has 1 fully saturated rings. The number of nitrogens with one attached hydrogen (secondary N) is 2. The van der Waals surface area contributed by atoms with Crippen LogP contribution in [0.15, 0.2) is 59.5 Å². The van der Waals surface area contributed by atoms with Crippen molar-refractivity contribution in [2.45, 2.75) is 24.2 Å². The van der Waals surface area contributed by atoms with Crippen molar-refractivity contribution in [3.05, 3.63) is 59.6 Å². The number of sulfonamides is 1. The lowest BCUT2D eigenvalue weighted by Gasteiger charge is -2.31. The Morgan fingerprint density at radius 3 is 2.52 bits per heavy atom. The zero-order valence-electron chi connectivity index (χ0n) is 14.8. The first-order valence-corrected chi connectivity index (χ1v) is 10.6. The van der Waals surface area contributed by atoms with Crippen LogP contribution in [-0.2, 0) is 14.8 Å². The van der Waals surface area contributed by atoms with Crippen LogP contribution in [0.3, 0.4) is 0 Å². The molecule has 0 spiro atoms. The maximum Gasteiger partial charge on any atom is 0.243 e. The van der Waals surface area contributed by atoms with Crippen molar-refractivity contribution >= 4 is 33.2 Å². The average Bonchev–Trinajstić information content (AvgIpc) is 2.68. The van der Waals surface area contributed by atoms with E-state index in [1.807, 2.05) is 30.3 Å². The number of rotatable bonds is 6. The summed E-state index contributed by atoms with van der Waals surface area (Å²) < 4.78 is 27.1. The predicted molar refractivity (Wildman–Crippen MR) is 106 cm³/mol. The van der Waals surface area contributed by atoms with Gasteiger partial charge in [-0.15, -0.1) is 0 Å². The van der Waals surface area contributed by atoms with E-state index in [1.165, 1.54) is 16.4 Å². The smallest absolute Gasteiger partial charge is 0.243 e. The molecule has 0 bridgehead atoms. The molecular weight excluding hydrogens is 386 g/mol. The zero-order chi connectivity index (χ0) is 19.3. The second kappa shape index (κ2) is 8.73. The summed E-state index contributed by atoms with van der Waals surface area (Å²) in [4.78, 5) is 12.4. The molecule has 144 valence electrons. The Morgan fingerprint density at radius 2 is 1.81 bits per heavy atom. The highest BCUT2D eigenvalue weighted by Gasteiger charge is 2.31. The third-order valence-electron chi connectivity index (χ3n) is 4.53. The van der Waals surface area contributed by atoms with Gasteiger partial charge in [-0.2, -0.15) is 4.31 Å². The van der Waals surface area contributed by atoms with Crippen LogP contribution in [-0.4, -0.2) is 31.7 Å². The van der Waals surface area contributed by atoms with Crippen LogP contribution in [0.1, 0.15) is 19.3 Å². The summed E-state index contributed by atoms with van der Waals surface area (Å²) in [6.07, 6.45) is 1.83. The fourth-order valence-corrected chi connectivity index (χ4v) is 4.82. The molecule has 2 aromatic carbocycles. The molecule has 3 rings (SSSR count). The number of piperidine rings is 1. The number of carbonyl (C=O) groups excluding carboxylic acids is 1. The van der Waals surface area contributed by atoms with Gasteiger partial charge in [0.2, 0.25) is 15.9 Å². The van der Waals surface area contributed by atoms with E-state index in [4.69, 9.17) is 11.6 Å². The molecule has 8 heteroatoms. The molecule has 0 aliphatic carbocycles. The van der Waals surface area contributed by atoms with Crippen LogP contribution in [0.5, 0.6) is 0 Å². The van der Waals surface area contributed by atoms with E-state index in [9.17, 15) is 13.2 Å². The van der Waals surface area contributed by atoms with Crippen molar-refractivity contribution in [3.63, 3.8) is 0 Å². The van der Waals surface area contributed by atoms with E-state index in [-0.39, 0.29) is 23.1 Å². The van der Waals surface area contributed by atoms with E-state index >= 15 is 0 Å². The number of carbonyl (C=O) groups is 1. The van der Waals surface area contributed by atoms with Gasteiger partial charge in [0.05, 0.1) is 10.6 Å². The summed E-state index contributed by atoms with van der Waals surface area (Å²) in [5.41, 5.74) is 6.32. The Bertz CT molecular complexity index is 873. The maximum atomic E-state index is 12.8. The highest BCUT2D eigenvalue weighted by molar-refractivity contribution is 7.89. The Morgan fingerprint density at radius 1 is 1.11 bits per heavy atom. The monoisotopic (exact) mass is 407 g/mol. The van der Waals surface area contributed by atoms with E-state index in [0.29, 0.717) is 18.1 Å². The standard InChI is InChI=1S/C19H22ClN3O3S/c20-16-8-10-18(11-9-16)27(25,26)23-12-4-5-15(14-23)13-19(24)22-21-17-6-2-1-3-7-17/h1-3,6-11,15,21H,4-5,12-14H2,(H,22,24). The number of nitrogens with zero attached hydrogens (tertiary/aromatic N) is 1. The van der Waals surface area contributed by atoms with Gasteiger partial charge < -0.3 is 0 Å². The molecule has 1 aliphatic rings. The summed E-state index contributed by atoms with van der Waals surface area (Å²) in [5.74, 6) is -0.173. The molecule has 2 N–H and O–H groups in total. The van der Waals surface area contributed by atoms with Crippen LogP contribution in [0.4, 0.5) is 5.69 Å². The number of hydrogen-bond donors (Lipinski definition) is 2. The van der Waals surface area contributed by atoms with Gasteiger partial charge >= 0.3 is 0 Å². The normalized spacial score (nSPS) is 18.0. The van der Waals surface area contributed by atoms with Crippen molar-refractivity contribution in [1.82, 2.24) is 9.73 Å². The molecule has 1 unspecified atom stereocenters. The molecule has 1 atom stereocenters. The molecule has 1 amide bonds. The van der Waals surface area contributed by atoms with Gasteiger partial charge in [-0.3, -0.25) is 15.6 Å². The number of benzene rings is 2. The lowest BCUT2D eigenvalue weighted by atomic mass is 9.96. The molecule has 1 heterocycles. The summed E-state index contributed by atoms with van der Waals surface area (Å²) in [5, 5.41) is 0.494. The van der Waals surface area contributed by atoms with Crippen molar-refractivity contribution in [2.24, 2.45) is 5.92 Å². The molecule has 6 nitrogen and oxygen atoms in total. The summed E-state index contributed by atoms with van der Waals surface area (Å²) in [6, 6.07) is 15.5. The van der Waals surface area contributed by atoms with Crippen molar-refractivity contribution in [1.29, 1.82) is 0 Å². The van der Waals surface area contributed by atoms with Crippen LogP contribution >= 0.6 is 11.6 Å². The minimum Gasteiger partial charge on any atom is -0.299 e. The average molecular weight is 408 g/mol. The number of hydrazine groups is 1. The Labute approximate surface area is 164 Å². The van der Waals surface area contributed by atoms with Gasteiger partial charge in [-0.05, 0) is 55.2 Å². The molecule has 1 saturated heterocycles. The molecular formula is C19H22ClN3O3S. The van der Waals surface area contributed by atoms with Gasteiger partial charge in [-0.1, -0.05) is 29.8 Å². The number of para-hydroxylation sites is 1. The second-order valence-corrected chi connectivity index (χ2v) is 8.94. The number of halogens is 1. The molecule has 2 aromatic rings. The first-order valence-electron chi connectivity index (χ1n) is 8.81. The Balaban J connectivity index is 1.57. The molecule has 1 aliphatic heterocycles. The first kappa shape index (κ1) is 19.7. The van der Waals surface area contributed by atoms with Gasteiger partial charge in [-0.25, -0.2) is 8.42 Å². The second-order valence-electron chi connectivity index (χ2n) is 6.57. The lowest BCUT2D eigenvalue weighted by Crippen LogP contribution is -2.41. The summed E-state index contributed by atoms with van der Waals surface area (Å²) >= 11 is 5.84.